The minimum Gasteiger partial charge on any atom is -0.508 e. The predicted octanol–water partition coefficient (Wildman–Crippen LogP) is 3.96. The Morgan fingerprint density at radius 3 is 2.67 bits per heavy atom. The fourth-order valence-corrected chi connectivity index (χ4v) is 5.94. The highest BCUT2D eigenvalue weighted by atomic mass is 16.5. The van der Waals surface area contributed by atoms with Gasteiger partial charge in [-0.2, -0.15) is 0 Å². The van der Waals surface area contributed by atoms with Crippen molar-refractivity contribution in [2.45, 2.75) is 62.2 Å². The van der Waals surface area contributed by atoms with Crippen LogP contribution in [-0.2, 0) is 16.8 Å². The van der Waals surface area contributed by atoms with E-state index in [4.69, 9.17) is 4.74 Å². The van der Waals surface area contributed by atoms with Gasteiger partial charge in [-0.3, -0.25) is 0 Å². The first kappa shape index (κ1) is 22.2. The molecule has 1 aliphatic heterocycles. The zero-order chi connectivity index (χ0) is 22.9. The lowest BCUT2D eigenvalue weighted by molar-refractivity contribution is -0.126. The maximum absolute atomic E-state index is 12.6. The van der Waals surface area contributed by atoms with Crippen molar-refractivity contribution in [3.63, 3.8) is 0 Å². The average Bonchev–Trinajstić information content (AvgIpc) is 3.63. The van der Waals surface area contributed by atoms with Gasteiger partial charge in [0.05, 0.1) is 5.60 Å². The second-order valence-corrected chi connectivity index (χ2v) is 10.2. The molecule has 176 valence electrons. The molecule has 3 atom stereocenters. The number of nitrogens with zero attached hydrogens (tertiary/aromatic N) is 1. The Labute approximate surface area is 195 Å². The largest absolute Gasteiger partial charge is 0.508 e. The Bertz CT molecular complexity index is 979. The highest BCUT2D eigenvalue weighted by Crippen LogP contribution is 2.52. The van der Waals surface area contributed by atoms with Gasteiger partial charge in [0.1, 0.15) is 12.4 Å². The first-order valence-corrected chi connectivity index (χ1v) is 12.2. The molecule has 1 amide bonds. The van der Waals surface area contributed by atoms with Crippen molar-refractivity contribution in [2.24, 2.45) is 5.92 Å². The number of nitrogens with one attached hydrogen (secondary N) is 1. The van der Waals surface area contributed by atoms with Crippen LogP contribution in [0.4, 0.5) is 4.79 Å². The van der Waals surface area contributed by atoms with Crippen LogP contribution < -0.4 is 5.32 Å². The molecule has 1 heterocycles. The van der Waals surface area contributed by atoms with E-state index in [0.29, 0.717) is 25.8 Å². The summed E-state index contributed by atoms with van der Waals surface area (Å²) in [6.07, 6.45) is 4.91. The lowest BCUT2D eigenvalue weighted by Gasteiger charge is -2.58. The molecule has 33 heavy (non-hydrogen) atoms. The third-order valence-electron chi connectivity index (χ3n) is 7.88. The van der Waals surface area contributed by atoms with Crippen LogP contribution in [0.15, 0.2) is 54.6 Å². The van der Waals surface area contributed by atoms with Crippen LogP contribution in [0.1, 0.15) is 49.7 Å². The van der Waals surface area contributed by atoms with Gasteiger partial charge < -0.3 is 25.2 Å². The molecular weight excluding hydrogens is 416 g/mol. The van der Waals surface area contributed by atoms with Crippen LogP contribution in [0, 0.1) is 5.92 Å². The number of rotatable bonds is 6. The Hall–Kier alpha value is -2.57. The molecule has 3 aliphatic rings. The summed E-state index contributed by atoms with van der Waals surface area (Å²) in [5.41, 5.74) is 0.506. The highest BCUT2D eigenvalue weighted by Gasteiger charge is 2.58. The molecule has 1 saturated heterocycles. The van der Waals surface area contributed by atoms with Gasteiger partial charge in [0.2, 0.25) is 0 Å². The van der Waals surface area contributed by atoms with Gasteiger partial charge in [-0.05, 0) is 74.2 Å². The number of alkyl carbamates (subject to hydrolysis) is 1. The summed E-state index contributed by atoms with van der Waals surface area (Å²) < 4.78 is 5.46. The van der Waals surface area contributed by atoms with Crippen molar-refractivity contribution >= 4 is 6.09 Å². The van der Waals surface area contributed by atoms with Crippen LogP contribution in [0.25, 0.3) is 0 Å². The summed E-state index contributed by atoms with van der Waals surface area (Å²) in [6, 6.07) is 16.9. The summed E-state index contributed by atoms with van der Waals surface area (Å²) in [4.78, 5) is 15.0. The molecule has 0 radical (unpaired) electrons. The number of hydrogen-bond donors (Lipinski definition) is 3. The van der Waals surface area contributed by atoms with Crippen molar-refractivity contribution in [3.8, 4) is 5.75 Å². The Balaban J connectivity index is 1.32. The van der Waals surface area contributed by atoms with Gasteiger partial charge in [0, 0.05) is 24.5 Å². The molecule has 6 heteroatoms. The number of aliphatic hydroxyl groups is 1. The quantitative estimate of drug-likeness (QED) is 0.621. The molecule has 3 N–H and O–H groups in total. The maximum Gasteiger partial charge on any atom is 0.407 e. The van der Waals surface area contributed by atoms with Crippen molar-refractivity contribution in [1.29, 1.82) is 0 Å². The number of β-amino-alcohol motifs (C(OH)–C–C–N with tert-alkyl or cyclic N) is 1. The van der Waals surface area contributed by atoms with E-state index in [0.717, 1.165) is 36.6 Å². The molecule has 2 aromatic rings. The van der Waals surface area contributed by atoms with Crippen LogP contribution in [-0.4, -0.2) is 52.5 Å². The lowest BCUT2D eigenvalue weighted by Crippen LogP contribution is -2.67. The van der Waals surface area contributed by atoms with Crippen LogP contribution >= 0.6 is 0 Å². The molecule has 6 nitrogen and oxygen atoms in total. The van der Waals surface area contributed by atoms with Gasteiger partial charge in [-0.25, -0.2) is 4.79 Å². The zero-order valence-electron chi connectivity index (χ0n) is 19.1. The smallest absolute Gasteiger partial charge is 0.407 e. The van der Waals surface area contributed by atoms with Crippen LogP contribution in [0.5, 0.6) is 5.75 Å². The Morgan fingerprint density at radius 1 is 1.09 bits per heavy atom. The van der Waals surface area contributed by atoms with E-state index in [1.54, 1.807) is 12.1 Å². The number of amides is 1. The molecule has 2 aromatic carbocycles. The number of phenolic OH excluding ortho intramolecular Hbond substituents is 1. The number of fused-ring (bicyclic) bond motifs is 1. The van der Waals surface area contributed by atoms with Crippen molar-refractivity contribution in [2.75, 3.05) is 19.6 Å². The number of carbonyl (C=O) groups is 1. The number of phenols is 1. The average molecular weight is 451 g/mol. The summed E-state index contributed by atoms with van der Waals surface area (Å²) >= 11 is 0. The van der Waals surface area contributed by atoms with Gasteiger partial charge in [-0.15, -0.1) is 0 Å². The minimum absolute atomic E-state index is 0.0918. The number of benzene rings is 2. The van der Waals surface area contributed by atoms with Crippen molar-refractivity contribution in [1.82, 2.24) is 10.2 Å². The molecular formula is C27H34N2O4. The number of aromatic hydroxyl groups is 1. The van der Waals surface area contributed by atoms with E-state index in [2.05, 4.69) is 10.2 Å². The highest BCUT2D eigenvalue weighted by molar-refractivity contribution is 5.67. The number of hydrogen-bond acceptors (Lipinski definition) is 5. The Morgan fingerprint density at radius 2 is 1.91 bits per heavy atom. The zero-order valence-corrected chi connectivity index (χ0v) is 19.1. The number of carbonyl (C=O) groups excluding carboxylic acids is 1. The molecule has 0 bridgehead atoms. The van der Waals surface area contributed by atoms with Gasteiger partial charge in [0.15, 0.2) is 0 Å². The molecule has 0 spiro atoms. The molecule has 0 aromatic heterocycles. The van der Waals surface area contributed by atoms with Gasteiger partial charge in [-0.1, -0.05) is 42.5 Å². The molecule has 2 aliphatic carbocycles. The van der Waals surface area contributed by atoms with Crippen molar-refractivity contribution in [3.05, 3.63) is 65.7 Å². The summed E-state index contributed by atoms with van der Waals surface area (Å²) in [5.74, 6) is 0.987. The van der Waals surface area contributed by atoms with E-state index in [-0.39, 0.29) is 18.4 Å². The molecule has 2 saturated carbocycles. The van der Waals surface area contributed by atoms with Crippen molar-refractivity contribution < 1.29 is 19.7 Å². The molecule has 5 rings (SSSR count). The number of ether oxygens (including phenoxy) is 1. The van der Waals surface area contributed by atoms with E-state index >= 15 is 0 Å². The van der Waals surface area contributed by atoms with E-state index in [1.165, 1.54) is 12.8 Å². The van der Waals surface area contributed by atoms with Gasteiger partial charge >= 0.3 is 6.09 Å². The van der Waals surface area contributed by atoms with E-state index in [9.17, 15) is 15.0 Å². The standard InChI is InChI=1S/C27H34N2O4/c30-24-8-4-7-22(15-24)26-13-14-29(17-20-9-10-20)19-27(26,32)12-11-23(16-26)28-25(31)33-18-21-5-2-1-3-6-21/h1-8,15,20,23,30,32H,9-14,16-19H2,(H,28,31). The maximum atomic E-state index is 12.6. The molecule has 3 fully saturated rings. The Kier molecular flexibility index (Phi) is 6.06. The third-order valence-corrected chi connectivity index (χ3v) is 7.88. The molecule has 3 unspecified atom stereocenters. The minimum atomic E-state index is -0.889. The second kappa shape index (κ2) is 8.99. The number of likely N-dealkylation sites (tertiary alicyclic amines) is 1. The van der Waals surface area contributed by atoms with Gasteiger partial charge in [0.25, 0.3) is 0 Å². The SMILES string of the molecule is O=C(NC1CCC2(O)CN(CC3CC3)CCC2(c2cccc(O)c2)C1)OCc1ccccc1. The fourth-order valence-electron chi connectivity index (χ4n) is 5.94. The second-order valence-electron chi connectivity index (χ2n) is 10.2. The monoisotopic (exact) mass is 450 g/mol. The predicted molar refractivity (Wildman–Crippen MR) is 126 cm³/mol. The summed E-state index contributed by atoms with van der Waals surface area (Å²) in [7, 11) is 0. The fraction of sp³-hybridized carbons (Fsp3) is 0.519. The van der Waals surface area contributed by atoms with Crippen LogP contribution in [0.3, 0.4) is 0 Å². The third kappa shape index (κ3) is 4.73. The summed E-state index contributed by atoms with van der Waals surface area (Å²) in [5, 5.41) is 25.3. The van der Waals surface area contributed by atoms with E-state index in [1.807, 2.05) is 42.5 Å². The normalized spacial score (nSPS) is 29.8. The first-order valence-electron chi connectivity index (χ1n) is 12.2. The topological polar surface area (TPSA) is 82.0 Å². The first-order chi connectivity index (χ1) is 16.0. The van der Waals surface area contributed by atoms with Crippen LogP contribution in [0.2, 0.25) is 0 Å². The number of piperidine rings is 1. The summed E-state index contributed by atoms with van der Waals surface area (Å²) in [6.45, 7) is 2.85. The lowest BCUT2D eigenvalue weighted by atomic mass is 9.55. The van der Waals surface area contributed by atoms with E-state index < -0.39 is 17.1 Å².